The van der Waals surface area contributed by atoms with Gasteiger partial charge in [-0.1, -0.05) is 30.3 Å². The Morgan fingerprint density at radius 1 is 1.19 bits per heavy atom. The van der Waals surface area contributed by atoms with Crippen molar-refractivity contribution in [1.29, 1.82) is 5.26 Å². The molecule has 0 aliphatic heterocycles. The predicted molar refractivity (Wildman–Crippen MR) is 84.3 cm³/mol. The van der Waals surface area contributed by atoms with E-state index in [1.54, 1.807) is 13.2 Å². The highest BCUT2D eigenvalue weighted by Gasteiger charge is 2.03. The maximum Gasteiger partial charge on any atom is 0.136 e. The van der Waals surface area contributed by atoms with Crippen molar-refractivity contribution in [2.45, 2.75) is 19.9 Å². The molecular weight excluding hydrogens is 260 g/mol. The van der Waals surface area contributed by atoms with E-state index in [0.717, 1.165) is 25.1 Å². The topological polar surface area (TPSA) is 45.0 Å². The number of hydrogen-bond donors (Lipinski definition) is 1. The summed E-state index contributed by atoms with van der Waals surface area (Å²) in [4.78, 5) is 0. The number of aryl methyl sites for hydroxylation is 1. The Labute approximate surface area is 126 Å². The fourth-order valence-corrected chi connectivity index (χ4v) is 2.28. The van der Waals surface area contributed by atoms with Gasteiger partial charge in [-0.15, -0.1) is 0 Å². The Kier molecular flexibility index (Phi) is 5.36. The number of nitrogens with one attached hydrogen (secondary N) is 1. The largest absolute Gasteiger partial charge is 0.495 e. The van der Waals surface area contributed by atoms with Gasteiger partial charge < -0.3 is 10.1 Å². The lowest BCUT2D eigenvalue weighted by Gasteiger charge is -2.09. The van der Waals surface area contributed by atoms with Crippen molar-refractivity contribution in [3.05, 3.63) is 64.7 Å². The van der Waals surface area contributed by atoms with Crippen molar-refractivity contribution in [2.24, 2.45) is 0 Å². The van der Waals surface area contributed by atoms with E-state index < -0.39 is 0 Å². The molecule has 3 heteroatoms. The Bertz CT molecular complexity index is 644. The third-order valence-electron chi connectivity index (χ3n) is 3.55. The van der Waals surface area contributed by atoms with Crippen LogP contribution in [0.15, 0.2) is 42.5 Å². The Morgan fingerprint density at radius 3 is 2.71 bits per heavy atom. The van der Waals surface area contributed by atoms with Gasteiger partial charge in [0.25, 0.3) is 0 Å². The zero-order valence-corrected chi connectivity index (χ0v) is 12.5. The van der Waals surface area contributed by atoms with Gasteiger partial charge in [-0.3, -0.25) is 0 Å². The van der Waals surface area contributed by atoms with Gasteiger partial charge in [0, 0.05) is 6.54 Å². The van der Waals surface area contributed by atoms with Crippen molar-refractivity contribution in [1.82, 2.24) is 5.32 Å². The SMILES string of the molecule is COc1cc(CNCCc2ccccc2C)ccc1C#N. The second-order valence-corrected chi connectivity index (χ2v) is 5.00. The maximum atomic E-state index is 8.96. The van der Waals surface area contributed by atoms with Gasteiger partial charge in [0.15, 0.2) is 0 Å². The van der Waals surface area contributed by atoms with E-state index in [1.165, 1.54) is 11.1 Å². The molecule has 0 aliphatic carbocycles. The number of benzene rings is 2. The molecule has 0 saturated heterocycles. The van der Waals surface area contributed by atoms with Crippen LogP contribution in [-0.2, 0) is 13.0 Å². The van der Waals surface area contributed by atoms with E-state index in [2.05, 4.69) is 42.6 Å². The molecule has 0 radical (unpaired) electrons. The molecule has 0 aromatic heterocycles. The quantitative estimate of drug-likeness (QED) is 0.826. The average molecular weight is 280 g/mol. The molecule has 2 aromatic carbocycles. The number of methoxy groups -OCH3 is 1. The molecule has 1 N–H and O–H groups in total. The van der Waals surface area contributed by atoms with Crippen molar-refractivity contribution >= 4 is 0 Å². The lowest BCUT2D eigenvalue weighted by atomic mass is 10.1. The molecular formula is C18H20N2O. The second kappa shape index (κ2) is 7.47. The zero-order valence-electron chi connectivity index (χ0n) is 12.5. The van der Waals surface area contributed by atoms with Crippen LogP contribution in [0.1, 0.15) is 22.3 Å². The first-order valence-electron chi connectivity index (χ1n) is 7.07. The summed E-state index contributed by atoms with van der Waals surface area (Å²) in [6.45, 7) is 3.84. The van der Waals surface area contributed by atoms with Crippen LogP contribution in [0, 0.1) is 18.3 Å². The normalized spacial score (nSPS) is 10.1. The lowest BCUT2D eigenvalue weighted by Crippen LogP contribution is -2.17. The molecule has 108 valence electrons. The standard InChI is InChI=1S/C18H20N2O/c1-14-5-3-4-6-16(14)9-10-20-13-15-7-8-17(12-19)18(11-15)21-2/h3-8,11,20H,9-10,13H2,1-2H3. The molecule has 0 fully saturated rings. The van der Waals surface area contributed by atoms with Gasteiger partial charge in [0.2, 0.25) is 0 Å². The molecule has 2 rings (SSSR count). The zero-order chi connectivity index (χ0) is 15.1. The van der Waals surface area contributed by atoms with E-state index in [9.17, 15) is 0 Å². The van der Waals surface area contributed by atoms with Gasteiger partial charge in [-0.2, -0.15) is 5.26 Å². The van der Waals surface area contributed by atoms with Crippen LogP contribution >= 0.6 is 0 Å². The molecule has 0 bridgehead atoms. The summed E-state index contributed by atoms with van der Waals surface area (Å²) in [5, 5.41) is 12.4. The van der Waals surface area contributed by atoms with Gasteiger partial charge in [-0.25, -0.2) is 0 Å². The minimum Gasteiger partial charge on any atom is -0.495 e. The van der Waals surface area contributed by atoms with Crippen LogP contribution in [0.25, 0.3) is 0 Å². The molecule has 0 spiro atoms. The van der Waals surface area contributed by atoms with Crippen LogP contribution in [0.5, 0.6) is 5.75 Å². The van der Waals surface area contributed by atoms with Gasteiger partial charge in [-0.05, 0) is 48.7 Å². The third-order valence-corrected chi connectivity index (χ3v) is 3.55. The highest BCUT2D eigenvalue weighted by molar-refractivity contribution is 5.45. The average Bonchev–Trinajstić information content (AvgIpc) is 2.52. The van der Waals surface area contributed by atoms with Crippen LogP contribution in [0.4, 0.5) is 0 Å². The fourth-order valence-electron chi connectivity index (χ4n) is 2.28. The van der Waals surface area contributed by atoms with E-state index in [-0.39, 0.29) is 0 Å². The Hall–Kier alpha value is -2.31. The summed E-state index contributed by atoms with van der Waals surface area (Å²) >= 11 is 0. The molecule has 3 nitrogen and oxygen atoms in total. The fraction of sp³-hybridized carbons (Fsp3) is 0.278. The predicted octanol–water partition coefficient (Wildman–Crippen LogP) is 3.21. The van der Waals surface area contributed by atoms with Crippen molar-refractivity contribution < 1.29 is 4.74 Å². The number of rotatable bonds is 6. The summed E-state index contributed by atoms with van der Waals surface area (Å²) in [6, 6.07) is 16.3. The smallest absolute Gasteiger partial charge is 0.136 e. The van der Waals surface area contributed by atoms with Crippen LogP contribution in [-0.4, -0.2) is 13.7 Å². The van der Waals surface area contributed by atoms with E-state index in [1.807, 2.05) is 12.1 Å². The highest BCUT2D eigenvalue weighted by Crippen LogP contribution is 2.19. The van der Waals surface area contributed by atoms with E-state index >= 15 is 0 Å². The molecule has 2 aromatic rings. The molecule has 0 amide bonds. The summed E-state index contributed by atoms with van der Waals surface area (Å²) in [7, 11) is 1.59. The first-order chi connectivity index (χ1) is 10.2. The minimum atomic E-state index is 0.571. The van der Waals surface area contributed by atoms with Gasteiger partial charge >= 0.3 is 0 Å². The van der Waals surface area contributed by atoms with E-state index in [4.69, 9.17) is 10.00 Å². The van der Waals surface area contributed by atoms with Crippen LogP contribution in [0.2, 0.25) is 0 Å². The summed E-state index contributed by atoms with van der Waals surface area (Å²) in [5.41, 5.74) is 4.40. The van der Waals surface area contributed by atoms with Gasteiger partial charge in [0.1, 0.15) is 11.8 Å². The molecule has 0 atom stereocenters. The highest BCUT2D eigenvalue weighted by atomic mass is 16.5. The molecule has 21 heavy (non-hydrogen) atoms. The van der Waals surface area contributed by atoms with Crippen molar-refractivity contribution in [3.8, 4) is 11.8 Å². The second-order valence-electron chi connectivity index (χ2n) is 5.00. The molecule has 0 unspecified atom stereocenters. The Balaban J connectivity index is 1.87. The van der Waals surface area contributed by atoms with Gasteiger partial charge in [0.05, 0.1) is 12.7 Å². The summed E-state index contributed by atoms with van der Waals surface area (Å²) < 4.78 is 5.22. The van der Waals surface area contributed by atoms with Crippen LogP contribution in [0.3, 0.4) is 0 Å². The number of ether oxygens (including phenoxy) is 1. The molecule has 0 aliphatic rings. The maximum absolute atomic E-state index is 8.96. The number of nitriles is 1. The minimum absolute atomic E-state index is 0.571. The monoisotopic (exact) mass is 280 g/mol. The molecule has 0 heterocycles. The summed E-state index contributed by atoms with van der Waals surface area (Å²) in [6.07, 6.45) is 1.01. The van der Waals surface area contributed by atoms with Crippen molar-refractivity contribution in [2.75, 3.05) is 13.7 Å². The van der Waals surface area contributed by atoms with Crippen LogP contribution < -0.4 is 10.1 Å². The lowest BCUT2D eigenvalue weighted by molar-refractivity contribution is 0.412. The Morgan fingerprint density at radius 2 is 2.00 bits per heavy atom. The first kappa shape index (κ1) is 15.1. The number of hydrogen-bond acceptors (Lipinski definition) is 3. The molecule has 0 saturated carbocycles. The number of nitrogens with zero attached hydrogens (tertiary/aromatic N) is 1. The summed E-state index contributed by atoms with van der Waals surface area (Å²) in [5.74, 6) is 0.635. The first-order valence-corrected chi connectivity index (χ1v) is 7.07. The third kappa shape index (κ3) is 4.08. The van der Waals surface area contributed by atoms with Crippen molar-refractivity contribution in [3.63, 3.8) is 0 Å². The van der Waals surface area contributed by atoms with E-state index in [0.29, 0.717) is 11.3 Å².